The molecule has 0 aliphatic rings. The molecular weight excluding hydrogens is 298 g/mol. The first-order chi connectivity index (χ1) is 11.5. The topological polar surface area (TPSA) is 28.1 Å². The molecule has 128 valence electrons. The average molecular weight is 325 g/mol. The number of rotatable bonds is 6. The van der Waals surface area contributed by atoms with Gasteiger partial charge in [0, 0.05) is 38.1 Å². The van der Waals surface area contributed by atoms with Crippen LogP contribution < -0.4 is 9.64 Å². The SMILES string of the molecule is CCN(C)C=Nc1cc(C)c(N(C)c2cccc(OC)c2)cc1C. The van der Waals surface area contributed by atoms with Crippen molar-refractivity contribution in [2.75, 3.05) is 32.6 Å². The fourth-order valence-corrected chi connectivity index (χ4v) is 2.49. The number of benzene rings is 2. The Morgan fingerprint density at radius 2 is 1.83 bits per heavy atom. The van der Waals surface area contributed by atoms with E-state index in [-0.39, 0.29) is 0 Å². The van der Waals surface area contributed by atoms with Gasteiger partial charge in [0.25, 0.3) is 0 Å². The summed E-state index contributed by atoms with van der Waals surface area (Å²) in [5.41, 5.74) is 5.63. The van der Waals surface area contributed by atoms with E-state index >= 15 is 0 Å². The fraction of sp³-hybridized carbons (Fsp3) is 0.350. The molecule has 0 spiro atoms. The van der Waals surface area contributed by atoms with Crippen molar-refractivity contribution < 1.29 is 4.74 Å². The summed E-state index contributed by atoms with van der Waals surface area (Å²) in [4.78, 5) is 8.84. The highest BCUT2D eigenvalue weighted by atomic mass is 16.5. The largest absolute Gasteiger partial charge is 0.497 e. The number of hydrogen-bond acceptors (Lipinski definition) is 3. The van der Waals surface area contributed by atoms with Crippen LogP contribution in [0.4, 0.5) is 17.1 Å². The number of ether oxygens (including phenoxy) is 1. The smallest absolute Gasteiger partial charge is 0.120 e. The van der Waals surface area contributed by atoms with Gasteiger partial charge in [0.05, 0.1) is 19.1 Å². The quantitative estimate of drug-likeness (QED) is 0.569. The summed E-state index contributed by atoms with van der Waals surface area (Å²) in [6, 6.07) is 12.4. The molecule has 0 heterocycles. The third kappa shape index (κ3) is 4.07. The molecule has 2 rings (SSSR count). The molecule has 4 nitrogen and oxygen atoms in total. The zero-order chi connectivity index (χ0) is 17.7. The molecule has 0 N–H and O–H groups in total. The second-order valence-corrected chi connectivity index (χ2v) is 6.00. The fourth-order valence-electron chi connectivity index (χ4n) is 2.49. The lowest BCUT2D eigenvalue weighted by molar-refractivity contribution is 0.415. The molecule has 0 aromatic heterocycles. The molecule has 0 atom stereocenters. The second-order valence-electron chi connectivity index (χ2n) is 6.00. The van der Waals surface area contributed by atoms with Gasteiger partial charge in [0.2, 0.25) is 0 Å². The van der Waals surface area contributed by atoms with E-state index in [1.165, 1.54) is 11.3 Å². The first-order valence-corrected chi connectivity index (χ1v) is 8.19. The minimum absolute atomic E-state index is 0.859. The first kappa shape index (κ1) is 17.9. The van der Waals surface area contributed by atoms with E-state index in [2.05, 4.69) is 60.8 Å². The van der Waals surface area contributed by atoms with E-state index in [4.69, 9.17) is 4.74 Å². The lowest BCUT2D eigenvalue weighted by Crippen LogP contribution is -2.14. The predicted molar refractivity (Wildman–Crippen MR) is 103 cm³/mol. The highest BCUT2D eigenvalue weighted by molar-refractivity contribution is 5.72. The molecule has 0 saturated carbocycles. The number of anilines is 2. The van der Waals surface area contributed by atoms with Gasteiger partial charge in [0.1, 0.15) is 5.75 Å². The number of hydrogen-bond donors (Lipinski definition) is 0. The van der Waals surface area contributed by atoms with Gasteiger partial charge in [-0.15, -0.1) is 0 Å². The summed E-state index contributed by atoms with van der Waals surface area (Å²) >= 11 is 0. The molecule has 0 unspecified atom stereocenters. The summed E-state index contributed by atoms with van der Waals surface area (Å²) in [6.45, 7) is 7.27. The van der Waals surface area contributed by atoms with Crippen LogP contribution in [-0.4, -0.2) is 39.0 Å². The van der Waals surface area contributed by atoms with E-state index in [1.54, 1.807) is 7.11 Å². The minimum Gasteiger partial charge on any atom is -0.497 e. The van der Waals surface area contributed by atoms with Crippen molar-refractivity contribution in [2.45, 2.75) is 20.8 Å². The van der Waals surface area contributed by atoms with Crippen LogP contribution in [0.2, 0.25) is 0 Å². The summed E-state index contributed by atoms with van der Waals surface area (Å²) in [5.74, 6) is 0.859. The third-order valence-corrected chi connectivity index (χ3v) is 4.21. The zero-order valence-electron chi connectivity index (χ0n) is 15.5. The standard InChI is InChI=1S/C20H27N3O/c1-7-22(4)14-21-19-11-16(3)20(12-15(19)2)23(5)17-9-8-10-18(13-17)24-6/h8-14H,7H2,1-6H3. The predicted octanol–water partition coefficient (Wildman–Crippen LogP) is 4.69. The van der Waals surface area contributed by atoms with Crippen molar-refractivity contribution in [3.05, 3.63) is 47.5 Å². The Morgan fingerprint density at radius 1 is 1.08 bits per heavy atom. The highest BCUT2D eigenvalue weighted by Crippen LogP contribution is 2.33. The van der Waals surface area contributed by atoms with Crippen LogP contribution in [0, 0.1) is 13.8 Å². The Kier molecular flexibility index (Phi) is 5.85. The monoisotopic (exact) mass is 325 g/mol. The molecule has 0 fully saturated rings. The molecular formula is C20H27N3O. The number of nitrogens with zero attached hydrogens (tertiary/aromatic N) is 3. The van der Waals surface area contributed by atoms with Gasteiger partial charge in [0.15, 0.2) is 0 Å². The van der Waals surface area contributed by atoms with E-state index in [0.29, 0.717) is 0 Å². The van der Waals surface area contributed by atoms with Gasteiger partial charge in [-0.25, -0.2) is 4.99 Å². The highest BCUT2D eigenvalue weighted by Gasteiger charge is 2.10. The molecule has 0 saturated heterocycles. The number of aliphatic imine (C=N–C) groups is 1. The Labute approximate surface area is 145 Å². The Hall–Kier alpha value is -2.49. The second kappa shape index (κ2) is 7.86. The minimum atomic E-state index is 0.859. The maximum atomic E-state index is 5.33. The van der Waals surface area contributed by atoms with Gasteiger partial charge >= 0.3 is 0 Å². The number of aryl methyl sites for hydroxylation is 2. The van der Waals surface area contributed by atoms with E-state index < -0.39 is 0 Å². The lowest BCUT2D eigenvalue weighted by Gasteiger charge is -2.23. The van der Waals surface area contributed by atoms with Crippen molar-refractivity contribution in [3.63, 3.8) is 0 Å². The Bertz CT molecular complexity index is 725. The first-order valence-electron chi connectivity index (χ1n) is 8.19. The lowest BCUT2D eigenvalue weighted by atomic mass is 10.1. The van der Waals surface area contributed by atoms with Crippen molar-refractivity contribution in [1.29, 1.82) is 0 Å². The zero-order valence-corrected chi connectivity index (χ0v) is 15.5. The molecule has 0 amide bonds. The number of methoxy groups -OCH3 is 1. The normalized spacial score (nSPS) is 10.9. The van der Waals surface area contributed by atoms with E-state index in [1.807, 2.05) is 31.6 Å². The summed E-state index contributed by atoms with van der Waals surface area (Å²) in [5, 5.41) is 0. The molecule has 0 radical (unpaired) electrons. The van der Waals surface area contributed by atoms with Crippen molar-refractivity contribution in [3.8, 4) is 5.75 Å². The third-order valence-electron chi connectivity index (χ3n) is 4.21. The van der Waals surface area contributed by atoms with Crippen LogP contribution >= 0.6 is 0 Å². The molecule has 0 bridgehead atoms. The van der Waals surface area contributed by atoms with Crippen LogP contribution in [0.3, 0.4) is 0 Å². The van der Waals surface area contributed by atoms with Crippen molar-refractivity contribution >= 4 is 23.4 Å². The molecule has 2 aromatic rings. The van der Waals surface area contributed by atoms with Crippen LogP contribution in [0.25, 0.3) is 0 Å². The maximum Gasteiger partial charge on any atom is 0.120 e. The summed E-state index contributed by atoms with van der Waals surface area (Å²) in [7, 11) is 5.79. The van der Waals surface area contributed by atoms with Gasteiger partial charge in [-0.1, -0.05) is 6.07 Å². The average Bonchev–Trinajstić information content (AvgIpc) is 2.61. The molecule has 0 aliphatic heterocycles. The summed E-state index contributed by atoms with van der Waals surface area (Å²) in [6.07, 6.45) is 1.88. The van der Waals surface area contributed by atoms with Crippen LogP contribution in [0.15, 0.2) is 41.4 Å². The maximum absolute atomic E-state index is 5.33. The van der Waals surface area contributed by atoms with E-state index in [0.717, 1.165) is 29.2 Å². The summed E-state index contributed by atoms with van der Waals surface area (Å²) < 4.78 is 5.33. The van der Waals surface area contributed by atoms with Crippen LogP contribution in [0.5, 0.6) is 5.75 Å². The Balaban J connectivity index is 2.34. The van der Waals surface area contributed by atoms with Gasteiger partial charge in [-0.3, -0.25) is 0 Å². The van der Waals surface area contributed by atoms with Crippen LogP contribution in [0.1, 0.15) is 18.1 Å². The van der Waals surface area contributed by atoms with Crippen molar-refractivity contribution in [2.24, 2.45) is 4.99 Å². The Morgan fingerprint density at radius 3 is 2.50 bits per heavy atom. The van der Waals surface area contributed by atoms with Crippen LogP contribution in [-0.2, 0) is 0 Å². The molecule has 2 aromatic carbocycles. The molecule has 0 aliphatic carbocycles. The molecule has 24 heavy (non-hydrogen) atoms. The van der Waals surface area contributed by atoms with E-state index in [9.17, 15) is 0 Å². The van der Waals surface area contributed by atoms with Gasteiger partial charge < -0.3 is 14.5 Å². The van der Waals surface area contributed by atoms with Gasteiger partial charge in [-0.05, 0) is 56.2 Å². The van der Waals surface area contributed by atoms with Gasteiger partial charge in [-0.2, -0.15) is 0 Å². The van der Waals surface area contributed by atoms with Crippen molar-refractivity contribution in [1.82, 2.24) is 4.90 Å². The molecule has 4 heteroatoms.